The average molecular weight is 487 g/mol. The Morgan fingerprint density at radius 2 is 2.14 bits per heavy atom. The van der Waals surface area contributed by atoms with Crippen molar-refractivity contribution in [3.63, 3.8) is 0 Å². The van der Waals surface area contributed by atoms with E-state index in [4.69, 9.17) is 27.9 Å². The van der Waals surface area contributed by atoms with Gasteiger partial charge in [-0.2, -0.15) is 5.10 Å². The van der Waals surface area contributed by atoms with E-state index >= 15 is 0 Å². The molecule has 0 spiro atoms. The first-order valence-corrected chi connectivity index (χ1v) is 9.83. The predicted octanol–water partition coefficient (Wildman–Crippen LogP) is 3.00. The summed E-state index contributed by atoms with van der Waals surface area (Å²) in [6, 6.07) is 2.71. The Hall–Kier alpha value is -1.94. The number of aliphatic hydroxyl groups excluding tert-OH is 1. The quantitative estimate of drug-likeness (QED) is 0.449. The summed E-state index contributed by atoms with van der Waals surface area (Å²) < 4.78 is 7.05. The van der Waals surface area contributed by atoms with Crippen molar-refractivity contribution in [2.75, 3.05) is 18.6 Å². The number of anilines is 1. The second-order valence-corrected chi connectivity index (χ2v) is 7.85. The molecule has 1 saturated heterocycles. The first-order valence-electron chi connectivity index (χ1n) is 8.28. The number of nitrogens with zero attached hydrogens (tertiary/aromatic N) is 5. The molecule has 0 amide bonds. The van der Waals surface area contributed by atoms with Crippen LogP contribution in [0.5, 0.6) is 0 Å². The lowest BCUT2D eigenvalue weighted by Gasteiger charge is -2.26. The average Bonchev–Trinajstić information content (AvgIpc) is 3.35. The zero-order chi connectivity index (χ0) is 20.0. The number of aliphatic hydroxyl groups is 1. The number of carbonyl (C=O) groups is 1. The van der Waals surface area contributed by atoms with Crippen LogP contribution in [0.1, 0.15) is 6.42 Å². The third-order valence-corrected chi connectivity index (χ3v) is 6.38. The molecule has 1 aliphatic heterocycles. The first kappa shape index (κ1) is 19.4. The van der Waals surface area contributed by atoms with E-state index < -0.39 is 18.1 Å². The molecule has 4 rings (SSSR count). The number of hydrogen-bond acceptors (Lipinski definition) is 7. The number of esters is 1. The van der Waals surface area contributed by atoms with Crippen LogP contribution in [-0.2, 0) is 9.53 Å². The zero-order valence-corrected chi connectivity index (χ0v) is 17.6. The smallest absolute Gasteiger partial charge is 0.331 e. The molecule has 0 radical (unpaired) electrons. The largest absolute Gasteiger partial charge is 0.467 e. The first-order chi connectivity index (χ1) is 13.4. The van der Waals surface area contributed by atoms with Crippen LogP contribution in [0, 0.1) is 0 Å². The predicted molar refractivity (Wildman–Crippen MR) is 108 cm³/mol. The minimum absolute atomic E-state index is 0.267. The maximum absolute atomic E-state index is 12.2. The van der Waals surface area contributed by atoms with E-state index in [0.29, 0.717) is 44.9 Å². The topological polar surface area (TPSA) is 93.4 Å². The minimum atomic E-state index is -0.858. The van der Waals surface area contributed by atoms with Gasteiger partial charge in [-0.15, -0.1) is 0 Å². The van der Waals surface area contributed by atoms with Crippen molar-refractivity contribution < 1.29 is 14.6 Å². The lowest BCUT2D eigenvalue weighted by Crippen LogP contribution is -2.43. The molecule has 1 aromatic carbocycles. The Kier molecular flexibility index (Phi) is 5.17. The van der Waals surface area contributed by atoms with Crippen LogP contribution in [0.4, 0.5) is 5.82 Å². The molecular formula is C17H14BrCl2N5O3. The van der Waals surface area contributed by atoms with Gasteiger partial charge in [-0.25, -0.2) is 19.4 Å². The van der Waals surface area contributed by atoms with E-state index in [2.05, 4.69) is 31.0 Å². The fourth-order valence-corrected chi connectivity index (χ4v) is 4.28. The van der Waals surface area contributed by atoms with Crippen LogP contribution in [-0.4, -0.2) is 56.6 Å². The number of rotatable bonds is 3. The number of carbonyl (C=O) groups excluding carboxylic acids is 1. The summed E-state index contributed by atoms with van der Waals surface area (Å²) in [4.78, 5) is 22.6. The third kappa shape index (κ3) is 3.12. The highest BCUT2D eigenvalue weighted by Crippen LogP contribution is 2.40. The number of benzene rings is 1. The molecular weight excluding hydrogens is 473 g/mol. The van der Waals surface area contributed by atoms with E-state index in [1.54, 1.807) is 28.0 Å². The van der Waals surface area contributed by atoms with Crippen LogP contribution < -0.4 is 4.90 Å². The van der Waals surface area contributed by atoms with Crippen molar-refractivity contribution in [2.45, 2.75) is 18.6 Å². The maximum atomic E-state index is 12.2. The second kappa shape index (κ2) is 7.47. The van der Waals surface area contributed by atoms with E-state index in [-0.39, 0.29) is 5.02 Å². The van der Waals surface area contributed by atoms with Crippen LogP contribution >= 0.6 is 39.1 Å². The summed E-state index contributed by atoms with van der Waals surface area (Å²) in [5, 5.41) is 15.8. The Bertz CT molecular complexity index is 1060. The molecule has 0 aliphatic carbocycles. The number of hydrogen-bond donors (Lipinski definition) is 1. The van der Waals surface area contributed by atoms with Gasteiger partial charge in [0.15, 0.2) is 6.04 Å². The van der Waals surface area contributed by atoms with Gasteiger partial charge >= 0.3 is 5.97 Å². The molecule has 0 bridgehead atoms. The summed E-state index contributed by atoms with van der Waals surface area (Å²) in [6.45, 7) is 0.429. The highest BCUT2D eigenvalue weighted by atomic mass is 79.9. The Morgan fingerprint density at radius 1 is 1.36 bits per heavy atom. The molecule has 11 heteroatoms. The highest BCUT2D eigenvalue weighted by molar-refractivity contribution is 9.10. The van der Waals surface area contributed by atoms with Crippen molar-refractivity contribution in [2.24, 2.45) is 0 Å². The lowest BCUT2D eigenvalue weighted by molar-refractivity contribution is -0.144. The van der Waals surface area contributed by atoms with Gasteiger partial charge in [-0.1, -0.05) is 23.2 Å². The third-order valence-electron chi connectivity index (χ3n) is 4.67. The molecule has 1 N–H and O–H groups in total. The van der Waals surface area contributed by atoms with Crippen LogP contribution in [0.15, 0.2) is 29.3 Å². The van der Waals surface area contributed by atoms with Crippen molar-refractivity contribution in [1.29, 1.82) is 0 Å². The Morgan fingerprint density at radius 3 is 2.82 bits per heavy atom. The minimum Gasteiger partial charge on any atom is -0.467 e. The molecule has 3 heterocycles. The molecule has 28 heavy (non-hydrogen) atoms. The second-order valence-electron chi connectivity index (χ2n) is 6.24. The number of pyridine rings is 1. The fourth-order valence-electron chi connectivity index (χ4n) is 3.34. The van der Waals surface area contributed by atoms with Gasteiger partial charge in [0.25, 0.3) is 0 Å². The van der Waals surface area contributed by atoms with Gasteiger partial charge in [0, 0.05) is 22.5 Å². The molecule has 2 atom stereocenters. The number of fused-ring (bicyclic) bond motifs is 1. The molecule has 8 nitrogen and oxygen atoms in total. The van der Waals surface area contributed by atoms with Crippen molar-refractivity contribution in [3.8, 4) is 5.69 Å². The van der Waals surface area contributed by atoms with E-state index in [1.807, 2.05) is 0 Å². The molecule has 2 aromatic heterocycles. The summed E-state index contributed by atoms with van der Waals surface area (Å²) in [5.74, 6) is -0.0839. The Balaban J connectivity index is 1.97. The van der Waals surface area contributed by atoms with Crippen molar-refractivity contribution in [3.05, 3.63) is 39.3 Å². The van der Waals surface area contributed by atoms with Gasteiger partial charge < -0.3 is 14.7 Å². The van der Waals surface area contributed by atoms with E-state index in [0.717, 1.165) is 0 Å². The monoisotopic (exact) mass is 485 g/mol. The summed E-state index contributed by atoms with van der Waals surface area (Å²) in [7, 11) is 1.29. The Labute approximate surface area is 178 Å². The van der Waals surface area contributed by atoms with Crippen LogP contribution in [0.25, 0.3) is 16.6 Å². The highest BCUT2D eigenvalue weighted by Gasteiger charge is 2.40. The number of aromatic nitrogens is 4. The standard InChI is InChI=1S/C17H14BrCl2N5O3/c1-28-17(27)16-11(26)2-3-24(16)12-5-10(25-7-21-6-22-25)8-4-9(18)13(19)14(20)15(8)23-12/h4-7,11,16,26H,2-3H2,1H3/t11-,16-/m0/s1. The SMILES string of the molecule is COC(=O)[C@@H]1[C@@H](O)CCN1c1cc(-n2cncn2)c2cc(Br)c(Cl)c(Cl)c2n1. The van der Waals surface area contributed by atoms with Gasteiger partial charge in [-0.05, 0) is 28.4 Å². The maximum Gasteiger partial charge on any atom is 0.331 e. The molecule has 1 aliphatic rings. The number of halogens is 3. The van der Waals surface area contributed by atoms with E-state index in [9.17, 15) is 9.90 Å². The number of ether oxygens (including phenoxy) is 1. The van der Waals surface area contributed by atoms with Crippen molar-refractivity contribution in [1.82, 2.24) is 19.7 Å². The van der Waals surface area contributed by atoms with Gasteiger partial charge in [-0.3, -0.25) is 0 Å². The molecule has 0 saturated carbocycles. The molecule has 3 aromatic rings. The molecule has 146 valence electrons. The number of methoxy groups -OCH3 is 1. The lowest BCUT2D eigenvalue weighted by atomic mass is 10.1. The summed E-state index contributed by atoms with van der Waals surface area (Å²) in [5.41, 5.74) is 1.10. The fraction of sp³-hybridized carbons (Fsp3) is 0.294. The van der Waals surface area contributed by atoms with Gasteiger partial charge in [0.2, 0.25) is 0 Å². The molecule has 1 fully saturated rings. The summed E-state index contributed by atoms with van der Waals surface area (Å²) >= 11 is 16.2. The molecule has 0 unspecified atom stereocenters. The zero-order valence-electron chi connectivity index (χ0n) is 14.5. The summed E-state index contributed by atoms with van der Waals surface area (Å²) in [6.07, 6.45) is 2.51. The van der Waals surface area contributed by atoms with Crippen molar-refractivity contribution >= 4 is 61.8 Å². The van der Waals surface area contributed by atoms with Gasteiger partial charge in [0.05, 0.1) is 34.5 Å². The van der Waals surface area contributed by atoms with E-state index in [1.165, 1.54) is 13.4 Å². The van der Waals surface area contributed by atoms with Gasteiger partial charge in [0.1, 0.15) is 18.5 Å². The van der Waals surface area contributed by atoms with Crippen LogP contribution in [0.3, 0.4) is 0 Å². The normalized spacial score (nSPS) is 19.4. The van der Waals surface area contributed by atoms with Crippen LogP contribution in [0.2, 0.25) is 10.0 Å².